The smallest absolute Gasteiger partial charge is 0.226 e. The highest BCUT2D eigenvalue weighted by molar-refractivity contribution is 5.88. The summed E-state index contributed by atoms with van der Waals surface area (Å²) in [5, 5.41) is 1.21. The molecule has 1 unspecified atom stereocenters. The zero-order valence-corrected chi connectivity index (χ0v) is 17.9. The number of aromatic nitrogens is 1. The van der Waals surface area contributed by atoms with Crippen LogP contribution in [-0.4, -0.2) is 21.9 Å². The molecule has 0 radical (unpaired) electrons. The Labute approximate surface area is 186 Å². The van der Waals surface area contributed by atoms with Crippen molar-refractivity contribution in [3.8, 4) is 0 Å². The van der Waals surface area contributed by atoms with Gasteiger partial charge in [-0.25, -0.2) is 4.39 Å². The molecule has 0 spiro atoms. The Morgan fingerprint density at radius 3 is 2.91 bits per heavy atom. The molecule has 2 aromatic heterocycles. The molecule has 3 heterocycles. The molecule has 2 aromatic carbocycles. The van der Waals surface area contributed by atoms with Crippen molar-refractivity contribution in [1.82, 2.24) is 9.47 Å². The van der Waals surface area contributed by atoms with Gasteiger partial charge in [-0.1, -0.05) is 30.3 Å². The molecule has 4 aromatic rings. The second-order valence-electron chi connectivity index (χ2n) is 8.98. The molecule has 1 aliphatic carbocycles. The number of fused-ring (bicyclic) bond motifs is 4. The molecular formula is C27H25FN2O2. The molecule has 2 aliphatic rings. The van der Waals surface area contributed by atoms with Gasteiger partial charge in [0.1, 0.15) is 11.6 Å². The van der Waals surface area contributed by atoms with Crippen molar-refractivity contribution in [2.45, 2.75) is 38.8 Å². The van der Waals surface area contributed by atoms with Gasteiger partial charge in [-0.05, 0) is 54.7 Å². The van der Waals surface area contributed by atoms with Gasteiger partial charge in [0, 0.05) is 54.1 Å². The standard InChI is InChI=1S/C27H25FN2O2/c28-21-5-3-4-18(14-21)16-30-24-7-2-1-6-22(24)23-15-19(8-9-25(23)30)27(31)29-12-10-26-20(17-29)11-13-32-26/h1-7,11,13-14,19H,8-10,12,15-17H2. The van der Waals surface area contributed by atoms with Crippen LogP contribution in [-0.2, 0) is 37.1 Å². The number of hydrogen-bond acceptors (Lipinski definition) is 2. The molecule has 162 valence electrons. The van der Waals surface area contributed by atoms with E-state index in [2.05, 4.69) is 28.8 Å². The van der Waals surface area contributed by atoms with Crippen LogP contribution >= 0.6 is 0 Å². The van der Waals surface area contributed by atoms with Crippen LogP contribution in [0, 0.1) is 11.7 Å². The van der Waals surface area contributed by atoms with Gasteiger partial charge in [0.05, 0.1) is 6.26 Å². The number of furan rings is 1. The van der Waals surface area contributed by atoms with Crippen LogP contribution in [0.2, 0.25) is 0 Å². The van der Waals surface area contributed by atoms with Crippen molar-refractivity contribution < 1.29 is 13.6 Å². The number of carbonyl (C=O) groups excluding carboxylic acids is 1. The van der Waals surface area contributed by atoms with Crippen LogP contribution in [0.25, 0.3) is 10.9 Å². The predicted octanol–water partition coefficient (Wildman–Crippen LogP) is 5.11. The van der Waals surface area contributed by atoms with Gasteiger partial charge >= 0.3 is 0 Å². The number of para-hydroxylation sites is 1. The Morgan fingerprint density at radius 2 is 2.00 bits per heavy atom. The van der Waals surface area contributed by atoms with Crippen LogP contribution in [0.1, 0.15) is 34.6 Å². The number of benzene rings is 2. The summed E-state index contributed by atoms with van der Waals surface area (Å²) in [6, 6.07) is 17.2. The third kappa shape index (κ3) is 3.24. The van der Waals surface area contributed by atoms with Gasteiger partial charge in [0.25, 0.3) is 0 Å². The first-order valence-corrected chi connectivity index (χ1v) is 11.3. The number of nitrogens with zero attached hydrogens (tertiary/aromatic N) is 2. The zero-order valence-electron chi connectivity index (χ0n) is 17.9. The van der Waals surface area contributed by atoms with Crippen molar-refractivity contribution in [2.75, 3.05) is 6.54 Å². The van der Waals surface area contributed by atoms with E-state index < -0.39 is 0 Å². The van der Waals surface area contributed by atoms with Gasteiger partial charge in [0.2, 0.25) is 5.91 Å². The molecule has 0 saturated heterocycles. The van der Waals surface area contributed by atoms with E-state index in [0.29, 0.717) is 13.1 Å². The van der Waals surface area contributed by atoms with Crippen LogP contribution in [0.5, 0.6) is 0 Å². The first-order chi connectivity index (χ1) is 15.7. The zero-order chi connectivity index (χ0) is 21.7. The van der Waals surface area contributed by atoms with Gasteiger partial charge in [0.15, 0.2) is 0 Å². The lowest BCUT2D eigenvalue weighted by molar-refractivity contribution is -0.137. The fraction of sp³-hybridized carbons (Fsp3) is 0.296. The molecule has 0 saturated carbocycles. The summed E-state index contributed by atoms with van der Waals surface area (Å²) >= 11 is 0. The summed E-state index contributed by atoms with van der Waals surface area (Å²) in [4.78, 5) is 15.4. The van der Waals surface area contributed by atoms with Gasteiger partial charge in [-0.3, -0.25) is 4.79 Å². The lowest BCUT2D eigenvalue weighted by Gasteiger charge is -2.32. The Kier molecular flexibility index (Phi) is 4.63. The van der Waals surface area contributed by atoms with E-state index in [1.54, 1.807) is 18.4 Å². The monoisotopic (exact) mass is 428 g/mol. The first-order valence-electron chi connectivity index (χ1n) is 11.3. The Balaban J connectivity index is 1.31. The van der Waals surface area contributed by atoms with Crippen LogP contribution in [0.15, 0.2) is 65.3 Å². The SMILES string of the molecule is O=C(C1CCc2c(c3ccccc3n2Cc2cccc(F)c2)C1)N1CCc2occc2C1. The predicted molar refractivity (Wildman–Crippen MR) is 121 cm³/mol. The van der Waals surface area contributed by atoms with Crippen molar-refractivity contribution in [2.24, 2.45) is 5.92 Å². The first kappa shape index (κ1) is 19.4. The van der Waals surface area contributed by atoms with Gasteiger partial charge in [-0.15, -0.1) is 0 Å². The van der Waals surface area contributed by atoms with E-state index in [-0.39, 0.29) is 17.6 Å². The summed E-state index contributed by atoms with van der Waals surface area (Å²) in [7, 11) is 0. The molecule has 0 fully saturated rings. The van der Waals surface area contributed by atoms with Crippen LogP contribution < -0.4 is 0 Å². The molecule has 1 amide bonds. The lowest BCUT2D eigenvalue weighted by Crippen LogP contribution is -2.41. The minimum Gasteiger partial charge on any atom is -0.469 e. The van der Waals surface area contributed by atoms with Crippen LogP contribution in [0.3, 0.4) is 0 Å². The Morgan fingerprint density at radius 1 is 1.09 bits per heavy atom. The molecule has 0 bridgehead atoms. The highest BCUT2D eigenvalue weighted by Gasteiger charge is 2.33. The maximum atomic E-state index is 13.8. The summed E-state index contributed by atoms with van der Waals surface area (Å²) in [5.41, 5.74) is 5.82. The number of hydrogen-bond donors (Lipinski definition) is 0. The second kappa shape index (κ2) is 7.66. The van der Waals surface area contributed by atoms with Gasteiger partial charge in [-0.2, -0.15) is 0 Å². The van der Waals surface area contributed by atoms with Gasteiger partial charge < -0.3 is 13.9 Å². The van der Waals surface area contributed by atoms with Crippen molar-refractivity contribution >= 4 is 16.8 Å². The molecule has 4 nitrogen and oxygen atoms in total. The number of halogens is 1. The molecule has 1 aliphatic heterocycles. The van der Waals surface area contributed by atoms with Crippen LogP contribution in [0.4, 0.5) is 4.39 Å². The molecular weight excluding hydrogens is 403 g/mol. The molecule has 1 atom stereocenters. The van der Waals surface area contributed by atoms with Crippen molar-refractivity contribution in [3.63, 3.8) is 0 Å². The third-order valence-corrected chi connectivity index (χ3v) is 7.07. The maximum Gasteiger partial charge on any atom is 0.226 e. The largest absolute Gasteiger partial charge is 0.469 e. The van der Waals surface area contributed by atoms with E-state index in [9.17, 15) is 9.18 Å². The minimum atomic E-state index is -0.208. The fourth-order valence-electron chi connectivity index (χ4n) is 5.51. The fourth-order valence-corrected chi connectivity index (χ4v) is 5.51. The van der Waals surface area contributed by atoms with E-state index in [1.807, 2.05) is 17.0 Å². The van der Waals surface area contributed by atoms with E-state index in [0.717, 1.165) is 54.6 Å². The Hall–Kier alpha value is -3.34. The average molecular weight is 429 g/mol. The third-order valence-electron chi connectivity index (χ3n) is 7.07. The minimum absolute atomic E-state index is 0.00405. The molecule has 5 heteroatoms. The number of carbonyl (C=O) groups is 1. The average Bonchev–Trinajstić information content (AvgIpc) is 3.41. The summed E-state index contributed by atoms with van der Waals surface area (Å²) in [6.07, 6.45) is 4.98. The maximum absolute atomic E-state index is 13.8. The van der Waals surface area contributed by atoms with Crippen molar-refractivity contribution in [3.05, 3.63) is 94.8 Å². The summed E-state index contributed by atoms with van der Waals surface area (Å²) in [6.45, 7) is 2.01. The summed E-state index contributed by atoms with van der Waals surface area (Å²) < 4.78 is 21.6. The second-order valence-corrected chi connectivity index (χ2v) is 8.98. The Bertz CT molecular complexity index is 1320. The number of amides is 1. The lowest BCUT2D eigenvalue weighted by atomic mass is 9.85. The summed E-state index contributed by atoms with van der Waals surface area (Å²) in [5.74, 6) is 1.06. The van der Waals surface area contributed by atoms with E-state index in [4.69, 9.17) is 4.42 Å². The van der Waals surface area contributed by atoms with E-state index >= 15 is 0 Å². The molecule has 0 N–H and O–H groups in total. The van der Waals surface area contributed by atoms with Crippen molar-refractivity contribution in [1.29, 1.82) is 0 Å². The quantitative estimate of drug-likeness (QED) is 0.455. The highest BCUT2D eigenvalue weighted by atomic mass is 19.1. The van der Waals surface area contributed by atoms with E-state index in [1.165, 1.54) is 22.7 Å². The molecule has 32 heavy (non-hydrogen) atoms. The highest BCUT2D eigenvalue weighted by Crippen LogP contribution is 2.36. The molecule has 6 rings (SSSR count). The number of rotatable bonds is 3. The topological polar surface area (TPSA) is 38.4 Å². The normalized spacial score (nSPS) is 17.9.